The summed E-state index contributed by atoms with van der Waals surface area (Å²) in [5.41, 5.74) is 3.77. The van der Waals surface area contributed by atoms with Crippen molar-refractivity contribution in [2.75, 3.05) is 7.11 Å². The number of ether oxygens (including phenoxy) is 2. The summed E-state index contributed by atoms with van der Waals surface area (Å²) in [6, 6.07) is 4.39. The SMILES string of the molecule is COc1cc(CO[Si](C)(C)C(C)(C)C)cc(C/C=C(\C)CCC2OC2(C)C)c1O[Si](C)(C)C(C)(C)C. The molecule has 1 saturated heterocycles. The molecule has 1 aliphatic rings. The Bertz CT molecular complexity index is 933. The minimum atomic E-state index is -2.05. The van der Waals surface area contributed by atoms with E-state index in [1.807, 2.05) is 0 Å². The molecule has 0 spiro atoms. The Hall–Kier alpha value is -1.09. The van der Waals surface area contributed by atoms with Crippen LogP contribution in [0.15, 0.2) is 23.8 Å². The van der Waals surface area contributed by atoms with E-state index >= 15 is 0 Å². The number of epoxide rings is 1. The maximum atomic E-state index is 6.87. The van der Waals surface area contributed by atoms with Crippen LogP contribution >= 0.6 is 0 Å². The maximum absolute atomic E-state index is 6.87. The van der Waals surface area contributed by atoms with E-state index in [1.54, 1.807) is 7.11 Å². The van der Waals surface area contributed by atoms with Gasteiger partial charge < -0.3 is 18.3 Å². The van der Waals surface area contributed by atoms with Gasteiger partial charge in [0.2, 0.25) is 0 Å². The number of benzene rings is 1. The van der Waals surface area contributed by atoms with Crippen molar-refractivity contribution in [1.82, 2.24) is 0 Å². The Morgan fingerprint density at radius 1 is 1.00 bits per heavy atom. The Balaban J connectivity index is 2.36. The topological polar surface area (TPSA) is 40.2 Å². The van der Waals surface area contributed by atoms with Gasteiger partial charge in [0.1, 0.15) is 5.75 Å². The van der Waals surface area contributed by atoms with Crippen molar-refractivity contribution in [3.05, 3.63) is 34.9 Å². The van der Waals surface area contributed by atoms with Gasteiger partial charge in [0.25, 0.3) is 8.32 Å². The number of rotatable bonds is 11. The minimum absolute atomic E-state index is 0.0519. The van der Waals surface area contributed by atoms with E-state index in [-0.39, 0.29) is 15.7 Å². The van der Waals surface area contributed by atoms with Gasteiger partial charge in [0, 0.05) is 5.56 Å². The molecule has 0 radical (unpaired) electrons. The molecule has 6 heteroatoms. The smallest absolute Gasteiger partial charge is 0.250 e. The van der Waals surface area contributed by atoms with Crippen molar-refractivity contribution in [3.8, 4) is 11.5 Å². The molecule has 0 saturated carbocycles. The molecule has 2 rings (SSSR count). The molecule has 0 aliphatic carbocycles. The molecule has 1 unspecified atom stereocenters. The normalized spacial score (nSPS) is 18.8. The summed E-state index contributed by atoms with van der Waals surface area (Å²) in [4.78, 5) is 0. The summed E-state index contributed by atoms with van der Waals surface area (Å²) >= 11 is 0. The van der Waals surface area contributed by atoms with Crippen LogP contribution in [0.4, 0.5) is 0 Å². The first-order valence-electron chi connectivity index (χ1n) is 13.6. The van der Waals surface area contributed by atoms with Gasteiger partial charge in [-0.15, -0.1) is 0 Å². The minimum Gasteiger partial charge on any atom is -0.541 e. The van der Waals surface area contributed by atoms with Gasteiger partial charge in [-0.3, -0.25) is 0 Å². The average molecular weight is 535 g/mol. The Labute approximate surface area is 224 Å². The lowest BCUT2D eigenvalue weighted by molar-refractivity contribution is 0.275. The molecule has 1 atom stereocenters. The second kappa shape index (κ2) is 11.0. The van der Waals surface area contributed by atoms with Crippen LogP contribution in [0.2, 0.25) is 36.3 Å². The second-order valence-electron chi connectivity index (χ2n) is 14.2. The van der Waals surface area contributed by atoms with E-state index in [0.29, 0.717) is 12.7 Å². The summed E-state index contributed by atoms with van der Waals surface area (Å²) in [7, 11) is -2.17. The second-order valence-corrected chi connectivity index (χ2v) is 23.7. The monoisotopic (exact) mass is 534 g/mol. The largest absolute Gasteiger partial charge is 0.541 e. The number of methoxy groups -OCH3 is 1. The van der Waals surface area contributed by atoms with Crippen LogP contribution < -0.4 is 9.16 Å². The van der Waals surface area contributed by atoms with Crippen LogP contribution in [-0.2, 0) is 22.2 Å². The first-order chi connectivity index (χ1) is 16.2. The zero-order valence-corrected chi connectivity index (χ0v) is 27.8. The first kappa shape index (κ1) is 31.1. The molecule has 4 nitrogen and oxygen atoms in total. The van der Waals surface area contributed by atoms with Crippen LogP contribution in [0.25, 0.3) is 0 Å². The van der Waals surface area contributed by atoms with Crippen LogP contribution in [0.3, 0.4) is 0 Å². The highest BCUT2D eigenvalue weighted by Gasteiger charge is 2.46. The fourth-order valence-corrected chi connectivity index (χ4v) is 5.61. The number of allylic oxidation sites excluding steroid dienone is 2. The predicted octanol–water partition coefficient (Wildman–Crippen LogP) is 9.05. The van der Waals surface area contributed by atoms with Gasteiger partial charge in [-0.25, -0.2) is 0 Å². The van der Waals surface area contributed by atoms with E-state index in [9.17, 15) is 0 Å². The number of hydrogen-bond acceptors (Lipinski definition) is 4. The zero-order chi connectivity index (χ0) is 27.7. The van der Waals surface area contributed by atoms with Gasteiger partial charge in [-0.05, 0) is 94.0 Å². The van der Waals surface area contributed by atoms with Crippen molar-refractivity contribution >= 4 is 16.6 Å². The lowest BCUT2D eigenvalue weighted by Gasteiger charge is -2.38. The molecule has 0 bridgehead atoms. The highest BCUT2D eigenvalue weighted by molar-refractivity contribution is 6.75. The summed E-state index contributed by atoms with van der Waals surface area (Å²) in [5.74, 6) is 1.71. The van der Waals surface area contributed by atoms with Crippen molar-refractivity contribution in [1.29, 1.82) is 0 Å². The van der Waals surface area contributed by atoms with E-state index in [2.05, 4.69) is 107 Å². The Kier molecular flexibility index (Phi) is 9.47. The molecule has 0 aromatic heterocycles. The Morgan fingerprint density at radius 2 is 1.56 bits per heavy atom. The quantitative estimate of drug-likeness (QED) is 0.161. The average Bonchev–Trinajstić information content (AvgIpc) is 3.34. The van der Waals surface area contributed by atoms with Gasteiger partial charge in [0.05, 0.1) is 25.4 Å². The molecular weight excluding hydrogens is 480 g/mol. The van der Waals surface area contributed by atoms with Crippen molar-refractivity contribution < 1.29 is 18.3 Å². The molecule has 1 aromatic carbocycles. The molecule has 1 fully saturated rings. The Morgan fingerprint density at radius 3 is 2.03 bits per heavy atom. The van der Waals surface area contributed by atoms with Crippen molar-refractivity contribution in [2.24, 2.45) is 0 Å². The van der Waals surface area contributed by atoms with Crippen LogP contribution in [0, 0.1) is 0 Å². The van der Waals surface area contributed by atoms with Crippen LogP contribution in [0.1, 0.15) is 86.3 Å². The summed E-state index contributed by atoms with van der Waals surface area (Å²) in [6.45, 7) is 30.0. The van der Waals surface area contributed by atoms with E-state index in [0.717, 1.165) is 36.3 Å². The summed E-state index contributed by atoms with van der Waals surface area (Å²) in [5, 5.41) is 0.271. The van der Waals surface area contributed by atoms with E-state index < -0.39 is 16.6 Å². The third kappa shape index (κ3) is 7.96. The fourth-order valence-electron chi connectivity index (χ4n) is 3.60. The standard InChI is InChI=1S/C30H54O4Si2/c1-22(16-18-26-30(8,9)33-26)15-17-24-19-23(21-32-35(11,12)28(2,3)4)20-25(31-10)27(24)34-36(13,14)29(5,6)7/h15,19-20,26H,16-18,21H2,1-14H3/b22-15+. The zero-order valence-electron chi connectivity index (χ0n) is 25.8. The lowest BCUT2D eigenvalue weighted by atomic mass is 10.0. The third-order valence-corrected chi connectivity index (χ3v) is 17.4. The van der Waals surface area contributed by atoms with Gasteiger partial charge >= 0.3 is 0 Å². The van der Waals surface area contributed by atoms with Gasteiger partial charge in [0.15, 0.2) is 14.1 Å². The third-order valence-electron chi connectivity index (χ3n) is 8.62. The lowest BCUT2D eigenvalue weighted by Crippen LogP contribution is -2.44. The van der Waals surface area contributed by atoms with Gasteiger partial charge in [-0.2, -0.15) is 0 Å². The maximum Gasteiger partial charge on any atom is 0.250 e. The molecule has 36 heavy (non-hydrogen) atoms. The van der Waals surface area contributed by atoms with E-state index in [4.69, 9.17) is 18.3 Å². The predicted molar refractivity (Wildman–Crippen MR) is 158 cm³/mol. The fraction of sp³-hybridized carbons (Fsp3) is 0.733. The number of hydrogen-bond donors (Lipinski definition) is 0. The van der Waals surface area contributed by atoms with Crippen molar-refractivity contribution in [3.63, 3.8) is 0 Å². The molecule has 0 N–H and O–H groups in total. The highest BCUT2D eigenvalue weighted by atomic mass is 28.4. The van der Waals surface area contributed by atoms with E-state index in [1.165, 1.54) is 11.1 Å². The summed E-state index contributed by atoms with van der Waals surface area (Å²) in [6.07, 6.45) is 5.68. The molecule has 1 aromatic rings. The first-order valence-corrected chi connectivity index (χ1v) is 19.4. The molecular formula is C30H54O4Si2. The molecule has 206 valence electrons. The highest BCUT2D eigenvalue weighted by Crippen LogP contribution is 2.43. The molecule has 1 heterocycles. The van der Waals surface area contributed by atoms with Crippen LogP contribution in [0.5, 0.6) is 11.5 Å². The van der Waals surface area contributed by atoms with Crippen LogP contribution in [-0.4, -0.2) is 35.4 Å². The molecule has 0 amide bonds. The molecule has 1 aliphatic heterocycles. The summed E-state index contributed by atoms with van der Waals surface area (Å²) < 4.78 is 25.1. The van der Waals surface area contributed by atoms with Crippen molar-refractivity contribution in [2.45, 2.75) is 136 Å². The van der Waals surface area contributed by atoms with Gasteiger partial charge in [-0.1, -0.05) is 53.2 Å².